The molecule has 1 aromatic carbocycles. The van der Waals surface area contributed by atoms with Crippen molar-refractivity contribution < 1.29 is 14.3 Å². The number of likely N-dealkylation sites (tertiary alicyclic amines) is 1. The molecule has 136 valence electrons. The molecule has 0 atom stereocenters. The van der Waals surface area contributed by atoms with Crippen molar-refractivity contribution in [1.29, 1.82) is 0 Å². The highest BCUT2D eigenvalue weighted by molar-refractivity contribution is 5.81. The molecule has 3 aliphatic rings. The molecule has 3 fully saturated rings. The van der Waals surface area contributed by atoms with E-state index in [2.05, 4.69) is 0 Å². The summed E-state index contributed by atoms with van der Waals surface area (Å²) >= 11 is 0. The van der Waals surface area contributed by atoms with Crippen LogP contribution in [-0.2, 0) is 4.79 Å². The standard InChI is InChI=1S/C21H28FNO2/c1-14-9-16(3-4-18(14)22)15-5-7-21(8-6-15)12-23(13-21)19(24)17-10-20(2,25)11-17/h3-4,9,15,17,25H,5-8,10-13H2,1-2H3. The Morgan fingerprint density at radius 1 is 1.24 bits per heavy atom. The molecule has 1 heterocycles. The van der Waals surface area contributed by atoms with Crippen LogP contribution < -0.4 is 0 Å². The minimum atomic E-state index is -0.631. The van der Waals surface area contributed by atoms with Crippen LogP contribution in [0.15, 0.2) is 18.2 Å². The third-order valence-corrected chi connectivity index (χ3v) is 6.79. The van der Waals surface area contributed by atoms with E-state index in [0.29, 0.717) is 24.2 Å². The molecule has 1 N–H and O–H groups in total. The Morgan fingerprint density at radius 2 is 1.88 bits per heavy atom. The lowest BCUT2D eigenvalue weighted by molar-refractivity contribution is -0.163. The molecule has 3 nitrogen and oxygen atoms in total. The van der Waals surface area contributed by atoms with Crippen molar-refractivity contribution in [3.05, 3.63) is 35.1 Å². The SMILES string of the molecule is Cc1cc(C2CCC3(CC2)CN(C(=O)C2CC(C)(O)C2)C3)ccc1F. The summed E-state index contributed by atoms with van der Waals surface area (Å²) in [6.07, 6.45) is 5.79. The molecule has 1 saturated heterocycles. The van der Waals surface area contributed by atoms with Crippen molar-refractivity contribution in [2.45, 2.75) is 63.9 Å². The van der Waals surface area contributed by atoms with E-state index in [1.54, 1.807) is 6.07 Å². The maximum absolute atomic E-state index is 13.5. The van der Waals surface area contributed by atoms with Crippen LogP contribution in [0.25, 0.3) is 0 Å². The minimum Gasteiger partial charge on any atom is -0.390 e. The molecule has 2 aliphatic carbocycles. The van der Waals surface area contributed by atoms with Crippen LogP contribution in [0.1, 0.15) is 62.5 Å². The summed E-state index contributed by atoms with van der Waals surface area (Å²) in [7, 11) is 0. The third kappa shape index (κ3) is 3.10. The molecule has 4 rings (SSSR count). The molecule has 4 heteroatoms. The van der Waals surface area contributed by atoms with Crippen molar-refractivity contribution in [3.63, 3.8) is 0 Å². The summed E-state index contributed by atoms with van der Waals surface area (Å²) in [4.78, 5) is 14.5. The van der Waals surface area contributed by atoms with E-state index in [1.807, 2.05) is 30.9 Å². The van der Waals surface area contributed by atoms with Crippen molar-refractivity contribution in [2.75, 3.05) is 13.1 Å². The van der Waals surface area contributed by atoms with Gasteiger partial charge in [0.05, 0.1) is 5.60 Å². The molecule has 1 amide bonds. The Bertz CT molecular complexity index is 675. The molecule has 1 aromatic rings. The summed E-state index contributed by atoms with van der Waals surface area (Å²) in [5, 5.41) is 9.83. The normalized spacial score (nSPS) is 31.5. The number of hydrogen-bond donors (Lipinski definition) is 1. The number of aryl methyl sites for hydroxylation is 1. The van der Waals surface area contributed by atoms with Gasteiger partial charge in [-0.1, -0.05) is 12.1 Å². The van der Waals surface area contributed by atoms with Crippen LogP contribution in [0.2, 0.25) is 0 Å². The smallest absolute Gasteiger partial charge is 0.225 e. The predicted molar refractivity (Wildman–Crippen MR) is 94.7 cm³/mol. The fraction of sp³-hybridized carbons (Fsp3) is 0.667. The van der Waals surface area contributed by atoms with Gasteiger partial charge in [-0.2, -0.15) is 0 Å². The number of benzene rings is 1. The third-order valence-electron chi connectivity index (χ3n) is 6.79. The average Bonchev–Trinajstić information content (AvgIpc) is 2.52. The van der Waals surface area contributed by atoms with Crippen LogP contribution in [0, 0.1) is 24.1 Å². The molecule has 2 saturated carbocycles. The number of aliphatic hydroxyl groups is 1. The predicted octanol–water partition coefficient (Wildman–Crippen LogP) is 3.78. The van der Waals surface area contributed by atoms with E-state index in [0.717, 1.165) is 44.3 Å². The van der Waals surface area contributed by atoms with Gasteiger partial charge in [0.1, 0.15) is 5.82 Å². The van der Waals surface area contributed by atoms with E-state index >= 15 is 0 Å². The quantitative estimate of drug-likeness (QED) is 0.886. The topological polar surface area (TPSA) is 40.5 Å². The fourth-order valence-electron chi connectivity index (χ4n) is 5.16. The van der Waals surface area contributed by atoms with Gasteiger partial charge in [0, 0.05) is 24.4 Å². The van der Waals surface area contributed by atoms with Crippen LogP contribution in [0.4, 0.5) is 4.39 Å². The Labute approximate surface area is 149 Å². The van der Waals surface area contributed by atoms with Gasteiger partial charge in [-0.25, -0.2) is 4.39 Å². The van der Waals surface area contributed by atoms with E-state index in [-0.39, 0.29) is 17.6 Å². The number of carbonyl (C=O) groups is 1. The van der Waals surface area contributed by atoms with E-state index < -0.39 is 5.60 Å². The van der Waals surface area contributed by atoms with Crippen LogP contribution in [0.5, 0.6) is 0 Å². The van der Waals surface area contributed by atoms with E-state index in [4.69, 9.17) is 0 Å². The maximum atomic E-state index is 13.5. The largest absolute Gasteiger partial charge is 0.390 e. The summed E-state index contributed by atoms with van der Waals surface area (Å²) < 4.78 is 13.5. The Morgan fingerprint density at radius 3 is 2.44 bits per heavy atom. The van der Waals surface area contributed by atoms with Crippen LogP contribution in [0.3, 0.4) is 0 Å². The summed E-state index contributed by atoms with van der Waals surface area (Å²) in [6.45, 7) is 5.42. The summed E-state index contributed by atoms with van der Waals surface area (Å²) in [6, 6.07) is 5.52. The summed E-state index contributed by atoms with van der Waals surface area (Å²) in [5.41, 5.74) is 1.68. The van der Waals surface area contributed by atoms with Crippen molar-refractivity contribution >= 4 is 5.91 Å². The highest BCUT2D eigenvalue weighted by atomic mass is 19.1. The lowest BCUT2D eigenvalue weighted by atomic mass is 9.63. The molecule has 1 spiro atoms. The molecular weight excluding hydrogens is 317 g/mol. The van der Waals surface area contributed by atoms with Gasteiger partial charge in [0.15, 0.2) is 0 Å². The first-order chi connectivity index (χ1) is 11.8. The molecule has 0 unspecified atom stereocenters. The number of hydrogen-bond acceptors (Lipinski definition) is 2. The van der Waals surface area contributed by atoms with Crippen LogP contribution >= 0.6 is 0 Å². The zero-order chi connectivity index (χ0) is 17.8. The van der Waals surface area contributed by atoms with E-state index in [1.165, 1.54) is 5.56 Å². The fourth-order valence-corrected chi connectivity index (χ4v) is 5.16. The second-order valence-corrected chi connectivity index (χ2v) is 9.08. The maximum Gasteiger partial charge on any atom is 0.225 e. The first-order valence-electron chi connectivity index (χ1n) is 9.54. The van der Waals surface area contributed by atoms with Gasteiger partial charge in [0.25, 0.3) is 0 Å². The Hall–Kier alpha value is -1.42. The van der Waals surface area contributed by atoms with Gasteiger partial charge in [0.2, 0.25) is 5.91 Å². The van der Waals surface area contributed by atoms with Gasteiger partial charge in [-0.15, -0.1) is 0 Å². The number of carbonyl (C=O) groups excluding carboxylic acids is 1. The van der Waals surface area contributed by atoms with Crippen molar-refractivity contribution in [2.24, 2.45) is 11.3 Å². The second kappa shape index (κ2) is 5.80. The zero-order valence-corrected chi connectivity index (χ0v) is 15.2. The van der Waals surface area contributed by atoms with Crippen molar-refractivity contribution in [3.8, 4) is 0 Å². The number of halogens is 1. The van der Waals surface area contributed by atoms with E-state index in [9.17, 15) is 14.3 Å². The van der Waals surface area contributed by atoms with Gasteiger partial charge in [-0.05, 0) is 75.5 Å². The number of amides is 1. The average molecular weight is 345 g/mol. The molecule has 25 heavy (non-hydrogen) atoms. The molecule has 0 radical (unpaired) electrons. The number of nitrogens with zero attached hydrogens (tertiary/aromatic N) is 1. The summed E-state index contributed by atoms with van der Waals surface area (Å²) in [5.74, 6) is 0.676. The highest BCUT2D eigenvalue weighted by Gasteiger charge is 2.51. The first-order valence-corrected chi connectivity index (χ1v) is 9.54. The second-order valence-electron chi connectivity index (χ2n) is 9.08. The minimum absolute atomic E-state index is 0.0332. The number of rotatable bonds is 2. The lowest BCUT2D eigenvalue weighted by Gasteiger charge is -2.55. The molecule has 1 aliphatic heterocycles. The van der Waals surface area contributed by atoms with Gasteiger partial charge < -0.3 is 10.0 Å². The highest BCUT2D eigenvalue weighted by Crippen LogP contribution is 2.49. The lowest BCUT2D eigenvalue weighted by Crippen LogP contribution is -2.62. The first kappa shape index (κ1) is 17.0. The van der Waals surface area contributed by atoms with Gasteiger partial charge >= 0.3 is 0 Å². The molecule has 0 aromatic heterocycles. The Balaban J connectivity index is 1.30. The monoisotopic (exact) mass is 345 g/mol. The molecular formula is C21H28FNO2. The Kier molecular flexibility index (Phi) is 3.95. The molecule has 0 bridgehead atoms. The van der Waals surface area contributed by atoms with Gasteiger partial charge in [-0.3, -0.25) is 4.79 Å². The van der Waals surface area contributed by atoms with Crippen molar-refractivity contribution in [1.82, 2.24) is 4.90 Å². The zero-order valence-electron chi connectivity index (χ0n) is 15.2. The van der Waals surface area contributed by atoms with Crippen LogP contribution in [-0.4, -0.2) is 34.6 Å².